The Balaban J connectivity index is 0.712. The number of carbonyl (C=O) groups is 5. The molecule has 6 fully saturated rings. The number of nitrogens with zero attached hydrogens (tertiary/aromatic N) is 10. The Kier molecular flexibility index (Phi) is 13.1. The highest BCUT2D eigenvalue weighted by Gasteiger charge is 2.56. The van der Waals surface area contributed by atoms with Gasteiger partial charge in [-0.05, 0) is 133 Å². The Hall–Kier alpha value is -6.82. The Morgan fingerprint density at radius 1 is 0.787 bits per heavy atom. The minimum absolute atomic E-state index is 0.0740. The normalized spacial score (nSPS) is 23.7. The smallest absolute Gasteiger partial charge is 0.238 e. The van der Waals surface area contributed by atoms with Crippen LogP contribution in [0.1, 0.15) is 120 Å². The second-order valence-electron chi connectivity index (χ2n) is 22.5. The predicted molar refractivity (Wildman–Crippen MR) is 282 cm³/mol. The summed E-state index contributed by atoms with van der Waals surface area (Å²) in [5, 5.41) is 5.67. The van der Waals surface area contributed by atoms with E-state index in [1.54, 1.807) is 24.8 Å². The van der Waals surface area contributed by atoms with Crippen molar-refractivity contribution < 1.29 is 28.4 Å². The van der Waals surface area contributed by atoms with Crippen LogP contribution in [0.2, 0.25) is 0 Å². The molecular weight excluding hydrogens is 952 g/mol. The van der Waals surface area contributed by atoms with Crippen LogP contribution in [-0.2, 0) is 29.4 Å². The van der Waals surface area contributed by atoms with E-state index in [1.807, 2.05) is 32.6 Å². The van der Waals surface area contributed by atoms with Crippen molar-refractivity contribution in [3.05, 3.63) is 84.3 Å². The third-order valence-electron chi connectivity index (χ3n) is 17.9. The second-order valence-corrected chi connectivity index (χ2v) is 22.5. The number of halogens is 1. The Morgan fingerprint density at radius 2 is 1.51 bits per heavy atom. The summed E-state index contributed by atoms with van der Waals surface area (Å²) in [6.45, 7) is 9.86. The van der Waals surface area contributed by atoms with Gasteiger partial charge in [0.25, 0.3) is 0 Å². The Bertz CT molecular complexity index is 3020. The molecule has 7 aliphatic rings. The second kappa shape index (κ2) is 20.0. The number of hydrogen-bond donors (Lipinski definition) is 2. The molecule has 10 heterocycles. The molecule has 1 saturated carbocycles. The van der Waals surface area contributed by atoms with Gasteiger partial charge < -0.3 is 34.4 Å². The molecule has 5 saturated heterocycles. The third kappa shape index (κ3) is 9.09. The van der Waals surface area contributed by atoms with Crippen LogP contribution in [0.4, 0.5) is 27.4 Å². The van der Waals surface area contributed by atoms with Gasteiger partial charge in [0.15, 0.2) is 11.6 Å². The number of piperidine rings is 5. The van der Waals surface area contributed by atoms with Crippen molar-refractivity contribution in [2.75, 3.05) is 67.5 Å². The number of amides is 5. The summed E-state index contributed by atoms with van der Waals surface area (Å²) < 4.78 is 17.1. The summed E-state index contributed by atoms with van der Waals surface area (Å²) in [6, 6.07) is 14.3. The molecule has 1 spiro atoms. The van der Waals surface area contributed by atoms with E-state index in [2.05, 4.69) is 67.3 Å². The molecule has 0 bridgehead atoms. The fraction of sp³-hybridized carbons (Fsp3) is 0.526. The van der Waals surface area contributed by atoms with Crippen LogP contribution in [0.15, 0.2) is 67.4 Å². The van der Waals surface area contributed by atoms with Crippen LogP contribution >= 0.6 is 0 Å². The number of anilines is 4. The van der Waals surface area contributed by atoms with E-state index in [-0.39, 0.29) is 65.1 Å². The van der Waals surface area contributed by atoms with Crippen molar-refractivity contribution in [2.45, 2.75) is 127 Å². The van der Waals surface area contributed by atoms with Gasteiger partial charge in [0.1, 0.15) is 11.3 Å². The van der Waals surface area contributed by atoms with Crippen molar-refractivity contribution in [1.82, 2.24) is 44.5 Å². The Labute approximate surface area is 436 Å². The predicted octanol–water partition coefficient (Wildman–Crippen LogP) is 7.25. The molecule has 2 N–H and O–H groups in total. The standard InChI is InChI=1S/C57H67FN12O5/c1-35(2)69-34-61-47-31-46(63-52(51(47)69)62-45-12-19-59-33-44(45)58)38-6-9-43-48(28-38)70(41-29-40(30-41)65-20-4-3-5-21-65)56(75)57(43)17-26-68(27-18-57)55(74)37-15-24-67(25-16-37)54(73)36-13-22-66(23-14-36)49-10-7-39(32-60-49)42-8-11-50(71)64-53(42)72/h6-7,9-10,12,19,28,31-37,40-42H,3-5,8,11,13-18,20-27,29-30H2,1-2H3,(H,59,62,63)(H,64,71,72)/t40?,41?,42-/m1/s1. The zero-order valence-electron chi connectivity index (χ0n) is 43.1. The zero-order chi connectivity index (χ0) is 51.5. The number of carbonyl (C=O) groups excluding carboxylic acids is 5. The van der Waals surface area contributed by atoms with Gasteiger partial charge in [0.2, 0.25) is 29.5 Å². The largest absolute Gasteiger partial charge is 0.357 e. The lowest BCUT2D eigenvalue weighted by Gasteiger charge is -2.48. The number of aromatic nitrogens is 5. The van der Waals surface area contributed by atoms with Gasteiger partial charge in [0.05, 0.1) is 40.8 Å². The number of likely N-dealkylation sites (tertiary alicyclic amines) is 3. The average Bonchev–Trinajstić information content (AvgIpc) is 3.96. The van der Waals surface area contributed by atoms with Gasteiger partial charge in [-0.1, -0.05) is 24.6 Å². The molecule has 1 atom stereocenters. The van der Waals surface area contributed by atoms with E-state index < -0.39 is 11.2 Å². The lowest BCUT2D eigenvalue weighted by Crippen LogP contribution is -2.58. The molecule has 17 nitrogen and oxygen atoms in total. The van der Waals surface area contributed by atoms with Gasteiger partial charge in [-0.3, -0.25) is 34.3 Å². The molecule has 12 rings (SSSR count). The molecule has 392 valence electrons. The lowest BCUT2D eigenvalue weighted by molar-refractivity contribution is -0.144. The number of benzene rings is 1. The Morgan fingerprint density at radius 3 is 2.19 bits per heavy atom. The summed E-state index contributed by atoms with van der Waals surface area (Å²) in [5.74, 6) is 0.0871. The first kappa shape index (κ1) is 49.1. The number of nitrogens with one attached hydrogen (secondary N) is 2. The average molecular weight is 1020 g/mol. The first-order valence-electron chi connectivity index (χ1n) is 27.5. The molecule has 0 radical (unpaired) electrons. The van der Waals surface area contributed by atoms with Crippen molar-refractivity contribution in [2.24, 2.45) is 11.8 Å². The van der Waals surface area contributed by atoms with Crippen molar-refractivity contribution in [3.8, 4) is 11.3 Å². The van der Waals surface area contributed by atoms with Crippen LogP contribution in [0.25, 0.3) is 22.3 Å². The third-order valence-corrected chi connectivity index (χ3v) is 17.9. The van der Waals surface area contributed by atoms with E-state index in [4.69, 9.17) is 9.97 Å². The van der Waals surface area contributed by atoms with E-state index in [0.29, 0.717) is 95.3 Å². The maximum atomic E-state index is 15.3. The number of rotatable bonds is 10. The van der Waals surface area contributed by atoms with Gasteiger partial charge in [-0.25, -0.2) is 19.3 Å². The molecule has 4 aromatic heterocycles. The zero-order valence-corrected chi connectivity index (χ0v) is 43.1. The monoisotopic (exact) mass is 1020 g/mol. The van der Waals surface area contributed by atoms with E-state index >= 15 is 9.18 Å². The number of imide groups is 1. The van der Waals surface area contributed by atoms with Crippen molar-refractivity contribution in [3.63, 3.8) is 0 Å². The van der Waals surface area contributed by atoms with Crippen LogP contribution < -0.4 is 20.4 Å². The lowest BCUT2D eigenvalue weighted by atomic mass is 9.73. The highest BCUT2D eigenvalue weighted by atomic mass is 19.1. The molecule has 6 aliphatic heterocycles. The number of pyridine rings is 3. The van der Waals surface area contributed by atoms with Crippen LogP contribution in [0.5, 0.6) is 0 Å². The molecule has 75 heavy (non-hydrogen) atoms. The van der Waals surface area contributed by atoms with Crippen molar-refractivity contribution >= 4 is 63.6 Å². The van der Waals surface area contributed by atoms with Gasteiger partial charge in [-0.15, -0.1) is 0 Å². The quantitative estimate of drug-likeness (QED) is 0.134. The van der Waals surface area contributed by atoms with E-state index in [9.17, 15) is 19.2 Å². The van der Waals surface area contributed by atoms with Crippen LogP contribution in [-0.4, -0.2) is 133 Å². The molecule has 18 heteroatoms. The van der Waals surface area contributed by atoms with E-state index in [1.165, 1.54) is 25.5 Å². The fourth-order valence-electron chi connectivity index (χ4n) is 13.4. The van der Waals surface area contributed by atoms with Crippen molar-refractivity contribution in [1.29, 1.82) is 0 Å². The minimum atomic E-state index is -0.749. The summed E-state index contributed by atoms with van der Waals surface area (Å²) in [5.41, 5.74) is 5.23. The highest BCUT2D eigenvalue weighted by molar-refractivity contribution is 6.09. The van der Waals surface area contributed by atoms with Gasteiger partial charge in [-0.2, -0.15) is 0 Å². The minimum Gasteiger partial charge on any atom is -0.357 e. The molecular formula is C57H67FN12O5. The molecule has 5 amide bonds. The molecule has 1 aliphatic carbocycles. The summed E-state index contributed by atoms with van der Waals surface area (Å²) in [6.07, 6.45) is 16.4. The molecule has 1 aromatic carbocycles. The topological polar surface area (TPSA) is 182 Å². The van der Waals surface area contributed by atoms with E-state index in [0.717, 1.165) is 78.0 Å². The first-order chi connectivity index (χ1) is 36.4. The maximum Gasteiger partial charge on any atom is 0.238 e. The van der Waals surface area contributed by atoms with Gasteiger partial charge in [0, 0.05) is 99.3 Å². The molecule has 0 unspecified atom stereocenters. The highest BCUT2D eigenvalue weighted by Crippen LogP contribution is 2.52. The van der Waals surface area contributed by atoms with Crippen LogP contribution in [0, 0.1) is 17.7 Å². The summed E-state index contributed by atoms with van der Waals surface area (Å²) >= 11 is 0. The number of fused-ring (bicyclic) bond motifs is 3. The summed E-state index contributed by atoms with van der Waals surface area (Å²) in [7, 11) is 0. The maximum absolute atomic E-state index is 15.3. The number of imidazole rings is 1. The van der Waals surface area contributed by atoms with Gasteiger partial charge >= 0.3 is 0 Å². The fourth-order valence-corrected chi connectivity index (χ4v) is 13.4. The first-order valence-corrected chi connectivity index (χ1v) is 27.5. The number of hydrogen-bond acceptors (Lipinski definition) is 12. The van der Waals surface area contributed by atoms with Crippen LogP contribution in [0.3, 0.4) is 0 Å². The molecule has 5 aromatic rings. The SMILES string of the molecule is CC(C)n1cnc2cc(-c3ccc4c(c3)N(C3CC(N5CCCCC5)C3)C(=O)C43CCN(C(=O)C4CCN(C(=O)C5CCN(c6ccc([C@H]7CCC(=O)NC7=O)cn6)CC5)CC4)CC3)nc(Nc3ccncc3F)c21. The summed E-state index contributed by atoms with van der Waals surface area (Å²) in [4.78, 5) is 96.8.